The molecule has 1 nitrogen and oxygen atoms in total. The maximum atomic E-state index is 12.5. The Bertz CT molecular complexity index is 408. The van der Waals surface area contributed by atoms with Crippen molar-refractivity contribution in [2.45, 2.75) is 46.0 Å². The lowest BCUT2D eigenvalue weighted by Gasteiger charge is -2.30. The van der Waals surface area contributed by atoms with E-state index in [2.05, 4.69) is 6.07 Å². The third-order valence-corrected chi connectivity index (χ3v) is 7.33. The normalized spacial score (nSPS) is 27.9. The van der Waals surface area contributed by atoms with Crippen LogP contribution in [0.4, 0.5) is 0 Å². The van der Waals surface area contributed by atoms with Crippen molar-refractivity contribution in [3.05, 3.63) is 24.3 Å². The van der Waals surface area contributed by atoms with E-state index in [9.17, 15) is 4.21 Å². The molecule has 1 aliphatic carbocycles. The Morgan fingerprint density at radius 1 is 1.13 bits per heavy atom. The molecule has 1 heterocycles. The van der Waals surface area contributed by atoms with Gasteiger partial charge in [-0.3, -0.25) is 4.21 Å². The highest BCUT2D eigenvalue weighted by atomic mass is 32.2. The van der Waals surface area contributed by atoms with Gasteiger partial charge in [0.1, 0.15) is 4.08 Å². The molecule has 0 N–H and O–H groups in total. The molecular formula is C12H14OS2. The molecule has 1 fully saturated rings. The van der Waals surface area contributed by atoms with Gasteiger partial charge in [-0.1, -0.05) is 31.4 Å². The summed E-state index contributed by atoms with van der Waals surface area (Å²) in [7, 11) is -0.780. The smallest absolute Gasteiger partial charge is 0.100 e. The third kappa shape index (κ3) is 1.48. The molecule has 2 aliphatic rings. The second-order valence-electron chi connectivity index (χ2n) is 4.29. The van der Waals surface area contributed by atoms with Crippen molar-refractivity contribution in [1.29, 1.82) is 0 Å². The average Bonchev–Trinajstić information content (AvgIpc) is 2.54. The average molecular weight is 238 g/mol. The molecule has 1 spiro atoms. The van der Waals surface area contributed by atoms with Gasteiger partial charge in [0.2, 0.25) is 0 Å². The van der Waals surface area contributed by atoms with Gasteiger partial charge < -0.3 is 0 Å². The van der Waals surface area contributed by atoms with Crippen molar-refractivity contribution in [3.8, 4) is 0 Å². The first-order chi connectivity index (χ1) is 7.32. The zero-order chi connectivity index (χ0) is 10.3. The first-order valence-corrected chi connectivity index (χ1v) is 7.48. The highest BCUT2D eigenvalue weighted by Gasteiger charge is 2.45. The fraction of sp³-hybridized carbons (Fsp3) is 0.500. The Morgan fingerprint density at radius 3 is 2.60 bits per heavy atom. The Hall–Kier alpha value is -0.280. The Morgan fingerprint density at radius 2 is 1.87 bits per heavy atom. The van der Waals surface area contributed by atoms with Crippen molar-refractivity contribution >= 4 is 22.6 Å². The summed E-state index contributed by atoms with van der Waals surface area (Å²) in [5, 5.41) is 0. The topological polar surface area (TPSA) is 17.1 Å². The van der Waals surface area contributed by atoms with Gasteiger partial charge in [0.25, 0.3) is 0 Å². The van der Waals surface area contributed by atoms with Crippen LogP contribution in [0.2, 0.25) is 0 Å². The number of fused-ring (bicyclic) bond motifs is 1. The third-order valence-electron chi connectivity index (χ3n) is 3.30. The summed E-state index contributed by atoms with van der Waals surface area (Å²) < 4.78 is 12.5. The van der Waals surface area contributed by atoms with Crippen LogP contribution in [-0.4, -0.2) is 8.29 Å². The van der Waals surface area contributed by atoms with Crippen molar-refractivity contribution < 1.29 is 4.21 Å². The predicted octanol–water partition coefficient (Wildman–Crippen LogP) is 3.56. The minimum atomic E-state index is -0.780. The molecular weight excluding hydrogens is 224 g/mol. The van der Waals surface area contributed by atoms with E-state index >= 15 is 0 Å². The first kappa shape index (κ1) is 9.91. The summed E-state index contributed by atoms with van der Waals surface area (Å²) >= 11 is 1.87. The summed E-state index contributed by atoms with van der Waals surface area (Å²) in [5.74, 6) is 0. The highest BCUT2D eigenvalue weighted by Crippen LogP contribution is 2.54. The highest BCUT2D eigenvalue weighted by molar-refractivity contribution is 8.15. The van der Waals surface area contributed by atoms with Gasteiger partial charge in [-0.15, -0.1) is 11.8 Å². The molecule has 1 aromatic carbocycles. The summed E-state index contributed by atoms with van der Waals surface area (Å²) in [6.45, 7) is 0. The number of hydrogen-bond donors (Lipinski definition) is 0. The minimum Gasteiger partial charge on any atom is -0.253 e. The van der Waals surface area contributed by atoms with Gasteiger partial charge >= 0.3 is 0 Å². The van der Waals surface area contributed by atoms with Crippen LogP contribution in [0.25, 0.3) is 0 Å². The zero-order valence-corrected chi connectivity index (χ0v) is 10.2. The van der Waals surface area contributed by atoms with E-state index in [4.69, 9.17) is 0 Å². The maximum absolute atomic E-state index is 12.5. The first-order valence-electron chi connectivity index (χ1n) is 5.52. The molecule has 0 amide bonds. The van der Waals surface area contributed by atoms with Crippen molar-refractivity contribution in [1.82, 2.24) is 0 Å². The minimum absolute atomic E-state index is 0.0297. The van der Waals surface area contributed by atoms with Gasteiger partial charge in [0.15, 0.2) is 0 Å². The fourth-order valence-corrected chi connectivity index (χ4v) is 6.42. The molecule has 0 saturated heterocycles. The monoisotopic (exact) mass is 238 g/mol. The molecule has 1 atom stereocenters. The van der Waals surface area contributed by atoms with Crippen LogP contribution < -0.4 is 0 Å². The second-order valence-corrected chi connectivity index (χ2v) is 7.73. The summed E-state index contributed by atoms with van der Waals surface area (Å²) in [5.41, 5.74) is 0. The van der Waals surface area contributed by atoms with Gasteiger partial charge in [0.05, 0.1) is 15.7 Å². The Labute approximate surface area is 97.1 Å². The number of hydrogen-bond acceptors (Lipinski definition) is 2. The Kier molecular flexibility index (Phi) is 2.40. The standard InChI is InChI=1S/C12H14OS2/c13-15-11-7-3-2-6-10(11)14-12(15)8-4-1-5-9-12/h2-3,6-7H,1,4-5,8-9H2. The van der Waals surface area contributed by atoms with Gasteiger partial charge in [0, 0.05) is 4.90 Å². The zero-order valence-electron chi connectivity index (χ0n) is 8.57. The molecule has 80 valence electrons. The summed E-state index contributed by atoms with van der Waals surface area (Å²) in [4.78, 5) is 2.32. The van der Waals surface area contributed by atoms with Crippen LogP contribution in [0.15, 0.2) is 34.1 Å². The van der Waals surface area contributed by atoms with E-state index in [1.807, 2.05) is 30.0 Å². The van der Waals surface area contributed by atoms with E-state index in [1.54, 1.807) is 0 Å². The van der Waals surface area contributed by atoms with E-state index < -0.39 is 10.8 Å². The lowest BCUT2D eigenvalue weighted by Crippen LogP contribution is -2.29. The van der Waals surface area contributed by atoms with E-state index in [1.165, 1.54) is 24.2 Å². The largest absolute Gasteiger partial charge is 0.253 e. The van der Waals surface area contributed by atoms with Gasteiger partial charge in [-0.05, 0) is 25.0 Å². The molecule has 0 aromatic heterocycles. The lowest BCUT2D eigenvalue weighted by atomic mass is 10.00. The summed E-state index contributed by atoms with van der Waals surface area (Å²) in [6, 6.07) is 8.19. The van der Waals surface area contributed by atoms with Crippen LogP contribution in [0, 0.1) is 0 Å². The molecule has 15 heavy (non-hydrogen) atoms. The van der Waals surface area contributed by atoms with E-state index in [0.29, 0.717) is 0 Å². The van der Waals surface area contributed by atoms with Crippen LogP contribution in [-0.2, 0) is 10.8 Å². The second kappa shape index (κ2) is 3.63. The van der Waals surface area contributed by atoms with Crippen molar-refractivity contribution in [3.63, 3.8) is 0 Å². The molecule has 1 aromatic rings. The predicted molar refractivity (Wildman–Crippen MR) is 64.5 cm³/mol. The van der Waals surface area contributed by atoms with Gasteiger partial charge in [-0.2, -0.15) is 0 Å². The fourth-order valence-electron chi connectivity index (χ4n) is 2.50. The molecule has 1 aliphatic heterocycles. The SMILES string of the molecule is O=S1c2ccccc2SC12CCCCC2. The van der Waals surface area contributed by atoms with Crippen LogP contribution >= 0.6 is 11.8 Å². The maximum Gasteiger partial charge on any atom is 0.100 e. The van der Waals surface area contributed by atoms with Crippen LogP contribution in [0.1, 0.15) is 32.1 Å². The number of rotatable bonds is 0. The molecule has 3 heteroatoms. The van der Waals surface area contributed by atoms with E-state index in [-0.39, 0.29) is 4.08 Å². The summed E-state index contributed by atoms with van der Waals surface area (Å²) in [6.07, 6.45) is 6.05. The molecule has 0 radical (unpaired) electrons. The lowest BCUT2D eigenvalue weighted by molar-refractivity contribution is 0.481. The van der Waals surface area contributed by atoms with Crippen molar-refractivity contribution in [2.75, 3.05) is 0 Å². The van der Waals surface area contributed by atoms with E-state index in [0.717, 1.165) is 17.7 Å². The van der Waals surface area contributed by atoms with Crippen LogP contribution in [0.3, 0.4) is 0 Å². The van der Waals surface area contributed by atoms with Gasteiger partial charge in [-0.25, -0.2) is 0 Å². The molecule has 1 unspecified atom stereocenters. The molecule has 0 bridgehead atoms. The quantitative estimate of drug-likeness (QED) is 0.687. The number of thioether (sulfide) groups is 1. The Balaban J connectivity index is 2.01. The number of benzene rings is 1. The van der Waals surface area contributed by atoms with Crippen LogP contribution in [0.5, 0.6) is 0 Å². The molecule has 1 saturated carbocycles. The molecule has 3 rings (SSSR count). The van der Waals surface area contributed by atoms with Crippen molar-refractivity contribution in [2.24, 2.45) is 0 Å².